The van der Waals surface area contributed by atoms with Gasteiger partial charge < -0.3 is 9.13 Å². The highest BCUT2D eigenvalue weighted by Gasteiger charge is 2.43. The van der Waals surface area contributed by atoms with E-state index in [1.165, 1.54) is 137 Å². The van der Waals surface area contributed by atoms with Crippen molar-refractivity contribution in [3.63, 3.8) is 0 Å². The van der Waals surface area contributed by atoms with Crippen molar-refractivity contribution in [2.45, 2.75) is 0 Å². The first-order valence-electron chi connectivity index (χ1n) is 25.9. The van der Waals surface area contributed by atoms with Gasteiger partial charge in [0.1, 0.15) is 0 Å². The monoisotopic (exact) mass is 947 g/mol. The minimum Gasteiger partial charge on any atom is -0.310 e. The number of pyridine rings is 3. The first-order chi connectivity index (χ1) is 37.2. The van der Waals surface area contributed by atoms with Crippen molar-refractivity contribution in [3.05, 3.63) is 231 Å². The molecule has 2 aliphatic rings. The van der Waals surface area contributed by atoms with Crippen molar-refractivity contribution in [1.29, 1.82) is 0 Å². The van der Waals surface area contributed by atoms with Gasteiger partial charge in [-0.05, 0) is 167 Å². The molecule has 0 bridgehead atoms. The molecule has 0 spiro atoms. The van der Waals surface area contributed by atoms with Crippen molar-refractivity contribution < 1.29 is 0 Å². The first-order valence-corrected chi connectivity index (χ1v) is 25.9. The lowest BCUT2D eigenvalue weighted by Gasteiger charge is -2.35. The maximum absolute atomic E-state index is 4.87. The molecular formula is C69H38BN5. The largest absolute Gasteiger partial charge is 0.310 e. The fourth-order valence-electron chi connectivity index (χ4n) is 14.0. The number of benzene rings is 11. The molecule has 5 aromatic heterocycles. The van der Waals surface area contributed by atoms with Gasteiger partial charge in [-0.2, -0.15) is 0 Å². The van der Waals surface area contributed by atoms with E-state index in [9.17, 15) is 0 Å². The van der Waals surface area contributed by atoms with Crippen LogP contribution in [0.3, 0.4) is 0 Å². The molecule has 0 aliphatic carbocycles. The second-order valence-corrected chi connectivity index (χ2v) is 20.6. The minimum absolute atomic E-state index is 0.122. The quantitative estimate of drug-likeness (QED) is 0.131. The molecule has 0 saturated heterocycles. The summed E-state index contributed by atoms with van der Waals surface area (Å²) in [6, 6.07) is 79.2. The molecule has 16 aromatic rings. The number of rotatable bonds is 3. The highest BCUT2D eigenvalue weighted by Crippen LogP contribution is 2.46. The van der Waals surface area contributed by atoms with Gasteiger partial charge in [0.15, 0.2) is 0 Å². The normalized spacial score (nSPS) is 12.8. The van der Waals surface area contributed by atoms with Crippen LogP contribution in [0.15, 0.2) is 231 Å². The van der Waals surface area contributed by atoms with E-state index in [4.69, 9.17) is 15.0 Å². The highest BCUT2D eigenvalue weighted by atomic mass is 15.0. The van der Waals surface area contributed by atoms with E-state index in [-0.39, 0.29) is 6.71 Å². The molecule has 342 valence electrons. The molecule has 18 rings (SSSR count). The molecule has 0 radical (unpaired) electrons. The van der Waals surface area contributed by atoms with E-state index in [1.807, 2.05) is 18.6 Å². The number of fused-ring (bicyclic) bond motifs is 20. The zero-order valence-electron chi connectivity index (χ0n) is 40.3. The molecule has 0 unspecified atom stereocenters. The summed E-state index contributed by atoms with van der Waals surface area (Å²) in [5, 5.41) is 16.1. The van der Waals surface area contributed by atoms with Crippen LogP contribution >= 0.6 is 0 Å². The summed E-state index contributed by atoms with van der Waals surface area (Å²) >= 11 is 0. The zero-order chi connectivity index (χ0) is 48.6. The summed E-state index contributed by atoms with van der Waals surface area (Å²) in [6.07, 6.45) is 5.87. The van der Waals surface area contributed by atoms with Gasteiger partial charge in [0, 0.05) is 73.2 Å². The van der Waals surface area contributed by atoms with Gasteiger partial charge in [-0.3, -0.25) is 15.0 Å². The highest BCUT2D eigenvalue weighted by molar-refractivity contribution is 7.02. The summed E-state index contributed by atoms with van der Waals surface area (Å²) in [6.45, 7) is -0.122. The van der Waals surface area contributed by atoms with Gasteiger partial charge in [-0.1, -0.05) is 127 Å². The van der Waals surface area contributed by atoms with E-state index in [1.54, 1.807) is 0 Å². The summed E-state index contributed by atoms with van der Waals surface area (Å²) in [5.74, 6) is 0. The van der Waals surface area contributed by atoms with E-state index < -0.39 is 0 Å². The molecule has 2 aliphatic heterocycles. The average molecular weight is 948 g/mol. The predicted octanol–water partition coefficient (Wildman–Crippen LogP) is 15.1. The Kier molecular flexibility index (Phi) is 7.62. The SMILES string of the molecule is c1cc2c3c(c1)-n1c4ccc(-c5ccnc6ccccc56)cc4c4cc5c6ccccc6c6ccccc6c5c(c41)B3c1cc(-c3ccnc4ccccc34)cc3c4cc(-c5ccnc6ccccc56)ccc4n-2c13. The van der Waals surface area contributed by atoms with Crippen LogP contribution in [0.2, 0.25) is 0 Å². The Bertz CT molecular complexity index is 5260. The minimum atomic E-state index is -0.122. The zero-order valence-corrected chi connectivity index (χ0v) is 40.3. The fourth-order valence-corrected chi connectivity index (χ4v) is 14.0. The summed E-state index contributed by atoms with van der Waals surface area (Å²) in [7, 11) is 0. The van der Waals surface area contributed by atoms with Crippen molar-refractivity contribution >= 4 is 132 Å². The molecule has 11 aromatic carbocycles. The number of hydrogen-bond acceptors (Lipinski definition) is 3. The van der Waals surface area contributed by atoms with Gasteiger partial charge in [-0.25, -0.2) is 0 Å². The molecule has 0 fully saturated rings. The second-order valence-electron chi connectivity index (χ2n) is 20.6. The number of hydrogen-bond donors (Lipinski definition) is 0. The topological polar surface area (TPSA) is 48.5 Å². The lowest BCUT2D eigenvalue weighted by molar-refractivity contribution is 1.14. The average Bonchev–Trinajstić information content (AvgIpc) is 4.03. The van der Waals surface area contributed by atoms with Crippen molar-refractivity contribution in [2.24, 2.45) is 0 Å². The molecule has 75 heavy (non-hydrogen) atoms. The van der Waals surface area contributed by atoms with Crippen molar-refractivity contribution in [2.75, 3.05) is 0 Å². The summed E-state index contributed by atoms with van der Waals surface area (Å²) < 4.78 is 5.21. The van der Waals surface area contributed by atoms with E-state index in [2.05, 4.69) is 221 Å². The third-order valence-corrected chi connectivity index (χ3v) is 17.0. The number of aromatic nitrogens is 5. The van der Waals surface area contributed by atoms with Crippen molar-refractivity contribution in [3.8, 4) is 44.8 Å². The van der Waals surface area contributed by atoms with Crippen LogP contribution in [0, 0.1) is 0 Å². The molecule has 5 nitrogen and oxygen atoms in total. The first kappa shape index (κ1) is 39.7. The van der Waals surface area contributed by atoms with E-state index in [0.717, 1.165) is 32.7 Å². The number of nitrogens with zero attached hydrogens (tertiary/aromatic N) is 5. The Balaban J connectivity index is 1.03. The lowest BCUT2D eigenvalue weighted by atomic mass is 9.33. The Morgan fingerprint density at radius 1 is 0.293 bits per heavy atom. The van der Waals surface area contributed by atoms with Crippen LogP contribution in [0.1, 0.15) is 0 Å². The van der Waals surface area contributed by atoms with Crippen LogP contribution in [0.4, 0.5) is 0 Å². The molecule has 6 heteroatoms. The van der Waals surface area contributed by atoms with Gasteiger partial charge >= 0.3 is 0 Å². The van der Waals surface area contributed by atoms with Crippen molar-refractivity contribution in [1.82, 2.24) is 24.1 Å². The maximum Gasteiger partial charge on any atom is 0.253 e. The van der Waals surface area contributed by atoms with Crippen LogP contribution in [-0.4, -0.2) is 30.8 Å². The van der Waals surface area contributed by atoms with Gasteiger partial charge in [0.2, 0.25) is 0 Å². The lowest BCUT2D eigenvalue weighted by Crippen LogP contribution is -2.59. The molecule has 0 atom stereocenters. The Morgan fingerprint density at radius 2 is 0.733 bits per heavy atom. The van der Waals surface area contributed by atoms with E-state index >= 15 is 0 Å². The molecule has 0 amide bonds. The Morgan fingerprint density at radius 3 is 1.29 bits per heavy atom. The van der Waals surface area contributed by atoms with Gasteiger partial charge in [0.25, 0.3) is 6.71 Å². The summed E-state index contributed by atoms with van der Waals surface area (Å²) in [4.78, 5) is 14.4. The van der Waals surface area contributed by atoms with Crippen LogP contribution in [0.25, 0.3) is 153 Å². The molecule has 7 heterocycles. The third-order valence-electron chi connectivity index (χ3n) is 17.0. The second kappa shape index (κ2) is 14.4. The van der Waals surface area contributed by atoms with E-state index in [0.29, 0.717) is 0 Å². The van der Waals surface area contributed by atoms with Crippen LogP contribution < -0.4 is 16.4 Å². The molecule has 0 saturated carbocycles. The summed E-state index contributed by atoms with van der Waals surface area (Å²) in [5.41, 5.74) is 21.4. The molecular weight excluding hydrogens is 910 g/mol. The standard InChI is InChI=1S/C69H38BN5/c1-2-14-47-45(12-1)46-13-3-4-18-51(46)65-54(47)38-56-53-35-40(43-29-32-72-59-20-9-6-16-49(43)59)25-27-62(53)75-64-23-11-22-63-66(64)70(67(65)69(56)75)57-37-41(44-30-33-73-60-21-10-7-17-50(44)60)36-55-52-34-39(24-26-61(52)74(63)68(55)57)42-28-31-71-58-19-8-5-15-48(42)58/h1-38H. The van der Waals surface area contributed by atoms with Gasteiger partial charge in [-0.15, -0.1) is 0 Å². The third kappa shape index (κ3) is 5.15. The van der Waals surface area contributed by atoms with Gasteiger partial charge in [0.05, 0.1) is 33.1 Å². The fraction of sp³-hybridized carbons (Fsp3) is 0. The van der Waals surface area contributed by atoms with Crippen LogP contribution in [-0.2, 0) is 0 Å². The predicted molar refractivity (Wildman–Crippen MR) is 315 cm³/mol. The Hall–Kier alpha value is -9.91. The maximum atomic E-state index is 4.87. The number of para-hydroxylation sites is 3. The Labute approximate surface area is 429 Å². The molecule has 0 N–H and O–H groups in total. The smallest absolute Gasteiger partial charge is 0.253 e. The van der Waals surface area contributed by atoms with Crippen LogP contribution in [0.5, 0.6) is 0 Å².